The molecule has 4 heteroatoms. The third-order valence-corrected chi connectivity index (χ3v) is 1.14. The highest BCUT2D eigenvalue weighted by Crippen LogP contribution is 2.03. The molecule has 0 fully saturated rings. The van der Waals surface area contributed by atoms with Gasteiger partial charge in [0.25, 0.3) is 5.91 Å². The Kier molecular flexibility index (Phi) is 3.54. The largest absolute Gasteiger partial charge is 0.366 e. The van der Waals surface area contributed by atoms with Gasteiger partial charge in [0.05, 0.1) is 5.56 Å². The number of benzene rings is 1. The Balaban J connectivity index is 0.000001000. The number of rotatable bonds is 1. The minimum atomic E-state index is -0.738. The molecular weight excluding hydrogens is 169 g/mol. The van der Waals surface area contributed by atoms with Crippen LogP contribution >= 0.6 is 12.4 Å². The van der Waals surface area contributed by atoms with Gasteiger partial charge in [0.1, 0.15) is 5.82 Å². The number of halogens is 2. The molecule has 0 aliphatic heterocycles. The van der Waals surface area contributed by atoms with E-state index in [1.165, 1.54) is 18.2 Å². The van der Waals surface area contributed by atoms with Crippen LogP contribution in [0.3, 0.4) is 0 Å². The molecule has 2 nitrogen and oxygen atoms in total. The molecule has 1 rings (SSSR count). The summed E-state index contributed by atoms with van der Waals surface area (Å²) in [6, 6.07) is 5.60. The van der Waals surface area contributed by atoms with Gasteiger partial charge >= 0.3 is 0 Å². The van der Waals surface area contributed by atoms with Crippen molar-refractivity contribution < 1.29 is 9.18 Å². The second-order valence-electron chi connectivity index (χ2n) is 1.84. The molecule has 0 saturated heterocycles. The molecule has 0 heterocycles. The fourth-order valence-corrected chi connectivity index (χ4v) is 0.661. The normalized spacial score (nSPS) is 8.45. The number of carbonyl (C=O) groups is 1. The van der Waals surface area contributed by atoms with E-state index in [4.69, 9.17) is 5.73 Å². The summed E-state index contributed by atoms with van der Waals surface area (Å²) in [7, 11) is 0. The quantitative estimate of drug-likeness (QED) is 0.688. The summed E-state index contributed by atoms with van der Waals surface area (Å²) in [5.41, 5.74) is 4.77. The molecule has 1 amide bonds. The van der Waals surface area contributed by atoms with Crippen molar-refractivity contribution in [1.82, 2.24) is 0 Å². The van der Waals surface area contributed by atoms with Crippen molar-refractivity contribution in [3.63, 3.8) is 0 Å². The van der Waals surface area contributed by atoms with Gasteiger partial charge in [-0.2, -0.15) is 0 Å². The van der Waals surface area contributed by atoms with E-state index in [0.717, 1.165) is 0 Å². The second kappa shape index (κ2) is 3.93. The second-order valence-corrected chi connectivity index (χ2v) is 1.84. The number of nitrogens with two attached hydrogens (primary N) is 1. The lowest BCUT2D eigenvalue weighted by Gasteiger charge is -1.94. The number of hydrogen-bond acceptors (Lipinski definition) is 1. The van der Waals surface area contributed by atoms with Gasteiger partial charge in [-0.1, -0.05) is 12.1 Å². The van der Waals surface area contributed by atoms with Crippen molar-refractivity contribution in [1.29, 1.82) is 0 Å². The topological polar surface area (TPSA) is 43.1 Å². The first-order chi connectivity index (χ1) is 4.72. The first kappa shape index (κ1) is 9.91. The molecule has 0 atom stereocenters. The average Bonchev–Trinajstić information content (AvgIpc) is 1.88. The number of primary amides is 1. The van der Waals surface area contributed by atoms with E-state index in [0.29, 0.717) is 0 Å². The zero-order chi connectivity index (χ0) is 7.56. The van der Waals surface area contributed by atoms with E-state index in [9.17, 15) is 9.18 Å². The van der Waals surface area contributed by atoms with E-state index in [1.807, 2.05) is 0 Å². The zero-order valence-electron chi connectivity index (χ0n) is 5.58. The molecule has 0 bridgehead atoms. The van der Waals surface area contributed by atoms with Gasteiger partial charge in [0.2, 0.25) is 0 Å². The van der Waals surface area contributed by atoms with Gasteiger partial charge in [-0.25, -0.2) is 4.39 Å². The van der Waals surface area contributed by atoms with Gasteiger partial charge in [-0.3, -0.25) is 4.79 Å². The highest BCUT2D eigenvalue weighted by Gasteiger charge is 2.04. The molecule has 0 aliphatic carbocycles. The molecule has 0 aliphatic rings. The molecule has 0 spiro atoms. The minimum Gasteiger partial charge on any atom is -0.366 e. The Labute approximate surface area is 69.6 Å². The van der Waals surface area contributed by atoms with Crippen molar-refractivity contribution in [3.8, 4) is 0 Å². The van der Waals surface area contributed by atoms with Gasteiger partial charge in [0, 0.05) is 0 Å². The molecule has 2 N–H and O–H groups in total. The minimum absolute atomic E-state index is 0. The summed E-state index contributed by atoms with van der Waals surface area (Å²) in [5, 5.41) is 0. The fourth-order valence-electron chi connectivity index (χ4n) is 0.661. The summed E-state index contributed by atoms with van der Waals surface area (Å²) < 4.78 is 12.5. The summed E-state index contributed by atoms with van der Waals surface area (Å²) in [5.74, 6) is -1.31. The number of hydrogen-bond donors (Lipinski definition) is 1. The monoisotopic (exact) mass is 175 g/mol. The third-order valence-electron chi connectivity index (χ3n) is 1.14. The summed E-state index contributed by atoms with van der Waals surface area (Å²) in [6.45, 7) is 0. The van der Waals surface area contributed by atoms with E-state index >= 15 is 0 Å². The van der Waals surface area contributed by atoms with Crippen LogP contribution in [0.2, 0.25) is 0 Å². The van der Waals surface area contributed by atoms with Crippen LogP contribution in [0.15, 0.2) is 24.3 Å². The predicted molar refractivity (Wildman–Crippen MR) is 42.2 cm³/mol. The van der Waals surface area contributed by atoms with Gasteiger partial charge in [0.15, 0.2) is 0 Å². The molecule has 0 saturated carbocycles. The van der Waals surface area contributed by atoms with Crippen LogP contribution in [-0.2, 0) is 0 Å². The highest BCUT2D eigenvalue weighted by atomic mass is 35.5. The van der Waals surface area contributed by atoms with Crippen LogP contribution in [0, 0.1) is 5.82 Å². The third kappa shape index (κ3) is 2.20. The lowest BCUT2D eigenvalue weighted by Crippen LogP contribution is -2.12. The lowest BCUT2D eigenvalue weighted by molar-refractivity contribution is 0.0996. The van der Waals surface area contributed by atoms with E-state index < -0.39 is 11.7 Å². The van der Waals surface area contributed by atoms with Crippen LogP contribution in [0.25, 0.3) is 0 Å². The summed E-state index contributed by atoms with van der Waals surface area (Å²) >= 11 is 0. The van der Waals surface area contributed by atoms with Crippen molar-refractivity contribution in [2.24, 2.45) is 5.73 Å². The molecular formula is C7H7ClFNO. The van der Waals surface area contributed by atoms with Crippen molar-refractivity contribution >= 4 is 18.3 Å². The molecule has 0 radical (unpaired) electrons. The van der Waals surface area contributed by atoms with Crippen molar-refractivity contribution in [2.75, 3.05) is 0 Å². The zero-order valence-corrected chi connectivity index (χ0v) is 6.40. The molecule has 60 valence electrons. The Morgan fingerprint density at radius 3 is 2.27 bits per heavy atom. The standard InChI is InChI=1S/C7H6FNO.ClH/c8-6-4-2-1-3-5(6)7(9)10;/h1-4H,(H2,9,10);1H. The molecule has 1 aromatic carbocycles. The molecule has 1 aromatic rings. The highest BCUT2D eigenvalue weighted by molar-refractivity contribution is 5.92. The van der Waals surface area contributed by atoms with E-state index in [2.05, 4.69) is 0 Å². The van der Waals surface area contributed by atoms with Crippen LogP contribution in [0.4, 0.5) is 4.39 Å². The number of carbonyl (C=O) groups excluding carboxylic acids is 1. The molecule has 0 unspecified atom stereocenters. The maximum atomic E-state index is 12.5. The van der Waals surface area contributed by atoms with Crippen molar-refractivity contribution in [3.05, 3.63) is 35.6 Å². The maximum absolute atomic E-state index is 12.5. The summed E-state index contributed by atoms with van der Waals surface area (Å²) in [4.78, 5) is 10.4. The molecule has 11 heavy (non-hydrogen) atoms. The van der Waals surface area contributed by atoms with Crippen LogP contribution in [0.1, 0.15) is 10.4 Å². The van der Waals surface area contributed by atoms with Crippen molar-refractivity contribution in [2.45, 2.75) is 0 Å². The smallest absolute Gasteiger partial charge is 0.251 e. The predicted octanol–water partition coefficient (Wildman–Crippen LogP) is 1.35. The van der Waals surface area contributed by atoms with E-state index in [1.54, 1.807) is 6.07 Å². The van der Waals surface area contributed by atoms with Gasteiger partial charge in [-0.15, -0.1) is 12.4 Å². The van der Waals surface area contributed by atoms with E-state index in [-0.39, 0.29) is 18.0 Å². The fraction of sp³-hybridized carbons (Fsp3) is 0. The van der Waals surface area contributed by atoms with Crippen LogP contribution in [0.5, 0.6) is 0 Å². The SMILES string of the molecule is Cl.NC(=O)c1ccccc1F. The molecule has 0 aromatic heterocycles. The Morgan fingerprint density at radius 1 is 1.36 bits per heavy atom. The van der Waals surface area contributed by atoms with Gasteiger partial charge < -0.3 is 5.73 Å². The lowest BCUT2D eigenvalue weighted by atomic mass is 10.2. The maximum Gasteiger partial charge on any atom is 0.251 e. The Bertz CT molecular complexity index is 264. The van der Waals surface area contributed by atoms with Crippen LogP contribution < -0.4 is 5.73 Å². The average molecular weight is 176 g/mol. The first-order valence-electron chi connectivity index (χ1n) is 2.76. The first-order valence-corrected chi connectivity index (χ1v) is 2.76. The Morgan fingerprint density at radius 2 is 1.91 bits per heavy atom. The van der Waals surface area contributed by atoms with Crippen LogP contribution in [-0.4, -0.2) is 5.91 Å². The number of amides is 1. The van der Waals surface area contributed by atoms with Gasteiger partial charge in [-0.05, 0) is 12.1 Å². The summed E-state index contributed by atoms with van der Waals surface area (Å²) in [6.07, 6.45) is 0. The Hall–Kier alpha value is -1.09.